The molecule has 0 aliphatic heterocycles. The number of rotatable bonds is 5. The molecule has 4 aromatic rings. The average molecular weight is 378 g/mol. The highest BCUT2D eigenvalue weighted by atomic mass is 35.5. The first-order valence-electron chi connectivity index (χ1n) is 8.43. The van der Waals surface area contributed by atoms with Crippen LogP contribution in [0.25, 0.3) is 16.6 Å². The highest BCUT2D eigenvalue weighted by molar-refractivity contribution is 6.33. The Kier molecular flexibility index (Phi) is 4.57. The van der Waals surface area contributed by atoms with E-state index in [9.17, 15) is 9.90 Å². The van der Waals surface area contributed by atoms with Crippen molar-refractivity contribution in [2.75, 3.05) is 0 Å². The summed E-state index contributed by atoms with van der Waals surface area (Å²) in [5, 5.41) is 10.1. The fourth-order valence-electron chi connectivity index (χ4n) is 3.10. The molecule has 0 amide bonds. The van der Waals surface area contributed by atoms with Gasteiger partial charge in [-0.25, -0.2) is 4.79 Å². The first kappa shape index (κ1) is 17.2. The molecule has 4 rings (SSSR count). The molecule has 5 heteroatoms. The summed E-state index contributed by atoms with van der Waals surface area (Å²) in [7, 11) is 0. The van der Waals surface area contributed by atoms with Crippen LogP contribution in [0.4, 0.5) is 0 Å². The fourth-order valence-corrected chi connectivity index (χ4v) is 3.37. The van der Waals surface area contributed by atoms with E-state index in [2.05, 4.69) is 0 Å². The molecule has 0 saturated carbocycles. The van der Waals surface area contributed by atoms with Gasteiger partial charge in [0.1, 0.15) is 12.4 Å². The summed E-state index contributed by atoms with van der Waals surface area (Å²) < 4.78 is 7.58. The Hall–Kier alpha value is -3.24. The molecule has 1 N–H and O–H groups in total. The fraction of sp³-hybridized carbons (Fsp3) is 0.0455. The maximum Gasteiger partial charge on any atom is 0.338 e. The SMILES string of the molecule is O=C(O)c1c(-c2ccc(OCc3ccccc3)cc2Cl)cn2ccccc12. The quantitative estimate of drug-likeness (QED) is 0.497. The van der Waals surface area contributed by atoms with Crippen LogP contribution < -0.4 is 4.74 Å². The maximum absolute atomic E-state index is 11.8. The molecule has 0 aliphatic rings. The summed E-state index contributed by atoms with van der Waals surface area (Å²) in [5.74, 6) is -0.354. The topological polar surface area (TPSA) is 50.9 Å². The second-order valence-electron chi connectivity index (χ2n) is 6.13. The largest absolute Gasteiger partial charge is 0.489 e. The van der Waals surface area contributed by atoms with E-state index < -0.39 is 5.97 Å². The van der Waals surface area contributed by atoms with Crippen molar-refractivity contribution in [1.29, 1.82) is 0 Å². The van der Waals surface area contributed by atoms with Gasteiger partial charge in [0.15, 0.2) is 0 Å². The molecule has 0 atom stereocenters. The van der Waals surface area contributed by atoms with Crippen LogP contribution in [0.15, 0.2) is 79.1 Å². The molecule has 2 aromatic carbocycles. The summed E-state index contributed by atoms with van der Waals surface area (Å²) in [5.41, 5.74) is 3.15. The van der Waals surface area contributed by atoms with Crippen LogP contribution in [0, 0.1) is 0 Å². The van der Waals surface area contributed by atoms with E-state index in [0.29, 0.717) is 34.0 Å². The molecular formula is C22H16ClNO3. The molecule has 27 heavy (non-hydrogen) atoms. The van der Waals surface area contributed by atoms with E-state index in [1.807, 2.05) is 48.7 Å². The Labute approximate surface area is 161 Å². The number of nitrogens with zero attached hydrogens (tertiary/aromatic N) is 1. The van der Waals surface area contributed by atoms with Crippen LogP contribution in [0.1, 0.15) is 15.9 Å². The minimum atomic E-state index is -0.987. The van der Waals surface area contributed by atoms with Gasteiger partial charge >= 0.3 is 5.97 Å². The number of carbonyl (C=O) groups is 1. The number of halogens is 1. The number of benzene rings is 2. The molecule has 0 saturated heterocycles. The van der Waals surface area contributed by atoms with Gasteiger partial charge in [-0.3, -0.25) is 0 Å². The monoisotopic (exact) mass is 377 g/mol. The second kappa shape index (κ2) is 7.17. The molecule has 134 valence electrons. The van der Waals surface area contributed by atoms with Crippen molar-refractivity contribution in [3.63, 3.8) is 0 Å². The lowest BCUT2D eigenvalue weighted by Crippen LogP contribution is -1.98. The summed E-state index contributed by atoms with van der Waals surface area (Å²) in [6.45, 7) is 0.438. The Morgan fingerprint density at radius 3 is 2.52 bits per heavy atom. The number of carboxylic acids is 1. The Bertz CT molecular complexity index is 1120. The van der Waals surface area contributed by atoms with Crippen LogP contribution in [-0.4, -0.2) is 15.5 Å². The third-order valence-electron chi connectivity index (χ3n) is 4.38. The summed E-state index contributed by atoms with van der Waals surface area (Å²) >= 11 is 6.47. The van der Waals surface area contributed by atoms with E-state index in [-0.39, 0.29) is 5.56 Å². The Balaban J connectivity index is 1.68. The Morgan fingerprint density at radius 1 is 1.00 bits per heavy atom. The van der Waals surface area contributed by atoms with Crippen molar-refractivity contribution in [3.8, 4) is 16.9 Å². The third-order valence-corrected chi connectivity index (χ3v) is 4.69. The normalized spacial score (nSPS) is 10.9. The number of aromatic carboxylic acids is 1. The van der Waals surface area contributed by atoms with Crippen LogP contribution >= 0.6 is 11.6 Å². The van der Waals surface area contributed by atoms with Crippen molar-refractivity contribution in [2.45, 2.75) is 6.61 Å². The van der Waals surface area contributed by atoms with E-state index in [0.717, 1.165) is 5.56 Å². The van der Waals surface area contributed by atoms with E-state index in [1.165, 1.54) is 0 Å². The molecular weight excluding hydrogens is 362 g/mol. The highest BCUT2D eigenvalue weighted by Crippen LogP contribution is 2.36. The molecule has 0 aliphatic carbocycles. The molecule has 0 spiro atoms. The van der Waals surface area contributed by atoms with Crippen molar-refractivity contribution in [3.05, 3.63) is 95.3 Å². The lowest BCUT2D eigenvalue weighted by Gasteiger charge is -2.09. The van der Waals surface area contributed by atoms with Crippen molar-refractivity contribution < 1.29 is 14.6 Å². The van der Waals surface area contributed by atoms with Gasteiger partial charge in [0.2, 0.25) is 0 Å². The number of hydrogen-bond donors (Lipinski definition) is 1. The smallest absolute Gasteiger partial charge is 0.338 e. The lowest BCUT2D eigenvalue weighted by atomic mass is 10.0. The molecule has 0 radical (unpaired) electrons. The first-order chi connectivity index (χ1) is 13.1. The predicted molar refractivity (Wildman–Crippen MR) is 106 cm³/mol. The van der Waals surface area contributed by atoms with Crippen LogP contribution in [-0.2, 0) is 6.61 Å². The van der Waals surface area contributed by atoms with Gasteiger partial charge in [-0.15, -0.1) is 0 Å². The summed E-state index contributed by atoms with van der Waals surface area (Å²) in [6, 6.07) is 20.6. The van der Waals surface area contributed by atoms with Gasteiger partial charge < -0.3 is 14.2 Å². The van der Waals surface area contributed by atoms with Gasteiger partial charge in [-0.2, -0.15) is 0 Å². The van der Waals surface area contributed by atoms with Crippen molar-refractivity contribution in [1.82, 2.24) is 4.40 Å². The van der Waals surface area contributed by atoms with Crippen molar-refractivity contribution in [2.24, 2.45) is 0 Å². The first-order valence-corrected chi connectivity index (χ1v) is 8.81. The van der Waals surface area contributed by atoms with Crippen LogP contribution in [0.5, 0.6) is 5.75 Å². The average Bonchev–Trinajstić information content (AvgIpc) is 3.06. The standard InChI is InChI=1S/C22H16ClNO3/c23-19-12-16(27-14-15-6-2-1-3-7-15)9-10-17(19)18-13-24-11-5-4-8-20(24)21(18)22(25)26/h1-13H,14H2,(H,25,26). The zero-order valence-electron chi connectivity index (χ0n) is 14.3. The van der Waals surface area contributed by atoms with Crippen LogP contribution in [0.3, 0.4) is 0 Å². The highest BCUT2D eigenvalue weighted by Gasteiger charge is 2.20. The molecule has 0 bridgehead atoms. The minimum absolute atomic E-state index is 0.232. The third kappa shape index (κ3) is 3.39. The maximum atomic E-state index is 11.8. The Morgan fingerprint density at radius 2 is 1.78 bits per heavy atom. The summed E-state index contributed by atoms with van der Waals surface area (Å²) in [6.07, 6.45) is 3.60. The van der Waals surface area contributed by atoms with Gasteiger partial charge in [-0.05, 0) is 35.9 Å². The van der Waals surface area contributed by atoms with Gasteiger partial charge in [0.25, 0.3) is 0 Å². The molecule has 2 aromatic heterocycles. The zero-order chi connectivity index (χ0) is 18.8. The van der Waals surface area contributed by atoms with Crippen LogP contribution in [0.2, 0.25) is 5.02 Å². The van der Waals surface area contributed by atoms with E-state index in [4.69, 9.17) is 16.3 Å². The van der Waals surface area contributed by atoms with Gasteiger partial charge in [0.05, 0.1) is 16.1 Å². The molecule has 0 unspecified atom stereocenters. The number of aromatic nitrogens is 1. The predicted octanol–water partition coefficient (Wildman–Crippen LogP) is 5.54. The van der Waals surface area contributed by atoms with Gasteiger partial charge in [-0.1, -0.05) is 48.0 Å². The van der Waals surface area contributed by atoms with Gasteiger partial charge in [0, 0.05) is 23.5 Å². The number of carboxylic acid groups (broad SMARTS) is 1. The number of pyridine rings is 1. The lowest BCUT2D eigenvalue weighted by molar-refractivity contribution is 0.0700. The van der Waals surface area contributed by atoms with E-state index >= 15 is 0 Å². The molecule has 2 heterocycles. The molecule has 0 fully saturated rings. The zero-order valence-corrected chi connectivity index (χ0v) is 15.1. The molecule has 4 nitrogen and oxygen atoms in total. The number of fused-ring (bicyclic) bond motifs is 1. The minimum Gasteiger partial charge on any atom is -0.489 e. The summed E-state index contributed by atoms with van der Waals surface area (Å²) in [4.78, 5) is 11.8. The second-order valence-corrected chi connectivity index (χ2v) is 6.54. The van der Waals surface area contributed by atoms with E-state index in [1.54, 1.807) is 34.9 Å². The number of hydrogen-bond acceptors (Lipinski definition) is 2. The number of ether oxygens (including phenoxy) is 1. The van der Waals surface area contributed by atoms with Crippen molar-refractivity contribution >= 4 is 23.1 Å².